The SMILES string of the molecule is CNc1n[nH]c2ccc(-c3cc(-c4ccccc4OCC(C)C)ncn3)cc12. The molecule has 0 aliphatic carbocycles. The molecular weight excluding hydrogens is 350 g/mol. The lowest BCUT2D eigenvalue weighted by atomic mass is 10.1. The number of nitrogens with one attached hydrogen (secondary N) is 2. The maximum absolute atomic E-state index is 6.00. The molecule has 6 heteroatoms. The fourth-order valence-corrected chi connectivity index (χ4v) is 3.09. The summed E-state index contributed by atoms with van der Waals surface area (Å²) in [6.07, 6.45) is 1.60. The van der Waals surface area contributed by atoms with Gasteiger partial charge in [0, 0.05) is 23.6 Å². The van der Waals surface area contributed by atoms with Gasteiger partial charge in [-0.05, 0) is 36.2 Å². The van der Waals surface area contributed by atoms with E-state index in [2.05, 4.69) is 45.4 Å². The number of hydrogen-bond donors (Lipinski definition) is 2. The summed E-state index contributed by atoms with van der Waals surface area (Å²) in [6, 6.07) is 16.1. The Balaban J connectivity index is 1.73. The van der Waals surface area contributed by atoms with Crippen LogP contribution in [0.3, 0.4) is 0 Å². The number of aromatic amines is 1. The topological polar surface area (TPSA) is 75.7 Å². The van der Waals surface area contributed by atoms with E-state index in [9.17, 15) is 0 Å². The van der Waals surface area contributed by atoms with Gasteiger partial charge in [-0.3, -0.25) is 5.10 Å². The summed E-state index contributed by atoms with van der Waals surface area (Å²) >= 11 is 0. The van der Waals surface area contributed by atoms with Crippen LogP contribution in [0.2, 0.25) is 0 Å². The summed E-state index contributed by atoms with van der Waals surface area (Å²) in [7, 11) is 1.86. The zero-order valence-electron chi connectivity index (χ0n) is 16.2. The summed E-state index contributed by atoms with van der Waals surface area (Å²) in [5.74, 6) is 2.11. The molecule has 2 N–H and O–H groups in total. The number of nitrogens with zero attached hydrogens (tertiary/aromatic N) is 3. The van der Waals surface area contributed by atoms with Crippen molar-refractivity contribution in [3.05, 3.63) is 54.9 Å². The van der Waals surface area contributed by atoms with Crippen LogP contribution in [0.15, 0.2) is 54.9 Å². The Morgan fingerprint density at radius 2 is 1.86 bits per heavy atom. The van der Waals surface area contributed by atoms with Crippen LogP contribution in [-0.2, 0) is 0 Å². The zero-order chi connectivity index (χ0) is 19.5. The molecule has 0 amide bonds. The molecule has 0 unspecified atom stereocenters. The first kappa shape index (κ1) is 18.0. The Morgan fingerprint density at radius 1 is 1.04 bits per heavy atom. The van der Waals surface area contributed by atoms with Crippen molar-refractivity contribution in [1.29, 1.82) is 0 Å². The van der Waals surface area contributed by atoms with Crippen molar-refractivity contribution in [2.24, 2.45) is 5.92 Å². The van der Waals surface area contributed by atoms with E-state index in [1.165, 1.54) is 0 Å². The number of rotatable bonds is 6. The van der Waals surface area contributed by atoms with E-state index in [-0.39, 0.29) is 0 Å². The minimum atomic E-state index is 0.456. The summed E-state index contributed by atoms with van der Waals surface area (Å²) in [4.78, 5) is 8.97. The fourth-order valence-electron chi connectivity index (χ4n) is 3.09. The van der Waals surface area contributed by atoms with E-state index in [4.69, 9.17) is 4.74 Å². The average Bonchev–Trinajstić information content (AvgIpc) is 3.15. The maximum atomic E-state index is 6.00. The number of para-hydroxylation sites is 1. The van der Waals surface area contributed by atoms with Crippen molar-refractivity contribution in [3.63, 3.8) is 0 Å². The summed E-state index contributed by atoms with van der Waals surface area (Å²) in [5, 5.41) is 11.4. The molecule has 0 atom stereocenters. The highest BCUT2D eigenvalue weighted by molar-refractivity contribution is 5.93. The average molecular weight is 373 g/mol. The molecule has 0 bridgehead atoms. The number of hydrogen-bond acceptors (Lipinski definition) is 5. The molecule has 0 fully saturated rings. The molecule has 142 valence electrons. The van der Waals surface area contributed by atoms with Crippen LogP contribution in [0.5, 0.6) is 5.75 Å². The van der Waals surface area contributed by atoms with Crippen molar-refractivity contribution < 1.29 is 4.74 Å². The van der Waals surface area contributed by atoms with E-state index in [1.807, 2.05) is 49.5 Å². The van der Waals surface area contributed by atoms with Gasteiger partial charge < -0.3 is 10.1 Å². The third-order valence-electron chi connectivity index (χ3n) is 4.50. The fraction of sp³-hybridized carbons (Fsp3) is 0.227. The van der Waals surface area contributed by atoms with Gasteiger partial charge in [0.2, 0.25) is 0 Å². The van der Waals surface area contributed by atoms with Crippen molar-refractivity contribution >= 4 is 16.7 Å². The Morgan fingerprint density at radius 3 is 2.68 bits per heavy atom. The Bertz CT molecular complexity index is 1100. The number of benzene rings is 2. The van der Waals surface area contributed by atoms with Gasteiger partial charge in [-0.2, -0.15) is 5.10 Å². The molecule has 0 spiro atoms. The predicted octanol–water partition coefficient (Wildman–Crippen LogP) is 4.76. The lowest BCUT2D eigenvalue weighted by Gasteiger charge is -2.13. The molecule has 2 heterocycles. The quantitative estimate of drug-likeness (QED) is 0.509. The highest BCUT2D eigenvalue weighted by Crippen LogP contribution is 2.32. The first-order chi connectivity index (χ1) is 13.7. The lowest BCUT2D eigenvalue weighted by Crippen LogP contribution is -2.05. The highest BCUT2D eigenvalue weighted by Gasteiger charge is 2.11. The maximum Gasteiger partial charge on any atom is 0.155 e. The minimum Gasteiger partial charge on any atom is -0.493 e. The molecule has 4 rings (SSSR count). The molecule has 28 heavy (non-hydrogen) atoms. The predicted molar refractivity (Wildman–Crippen MR) is 112 cm³/mol. The number of anilines is 1. The normalized spacial score (nSPS) is 11.1. The second kappa shape index (κ2) is 7.68. The van der Waals surface area contributed by atoms with Gasteiger partial charge in [-0.25, -0.2) is 9.97 Å². The Hall–Kier alpha value is -3.41. The van der Waals surface area contributed by atoms with E-state index >= 15 is 0 Å². The highest BCUT2D eigenvalue weighted by atomic mass is 16.5. The summed E-state index contributed by atoms with van der Waals surface area (Å²) < 4.78 is 6.00. The molecule has 6 nitrogen and oxygen atoms in total. The summed E-state index contributed by atoms with van der Waals surface area (Å²) in [6.45, 7) is 4.94. The van der Waals surface area contributed by atoms with Crippen molar-refractivity contribution in [2.75, 3.05) is 19.0 Å². The zero-order valence-corrected chi connectivity index (χ0v) is 16.2. The van der Waals surface area contributed by atoms with Crippen molar-refractivity contribution in [1.82, 2.24) is 20.2 Å². The van der Waals surface area contributed by atoms with Crippen LogP contribution >= 0.6 is 0 Å². The molecule has 4 aromatic rings. The van der Waals surface area contributed by atoms with Gasteiger partial charge in [-0.15, -0.1) is 0 Å². The molecule has 0 saturated heterocycles. The standard InChI is InChI=1S/C22H23N5O/c1-14(2)12-28-21-7-5-4-6-16(21)20-11-19(24-13-25-20)15-8-9-18-17(10-15)22(23-3)27-26-18/h4-11,13-14H,12H2,1-3H3,(H2,23,26,27). The molecular formula is C22H23N5O. The van der Waals surface area contributed by atoms with Gasteiger partial charge in [-0.1, -0.05) is 32.0 Å². The first-order valence-electron chi connectivity index (χ1n) is 9.36. The minimum absolute atomic E-state index is 0.456. The van der Waals surface area contributed by atoms with Crippen molar-refractivity contribution in [3.8, 4) is 28.3 Å². The molecule has 0 aliphatic heterocycles. The molecule has 0 aliphatic rings. The second-order valence-electron chi connectivity index (χ2n) is 7.07. The number of fused-ring (bicyclic) bond motifs is 1. The van der Waals surface area contributed by atoms with Crippen molar-refractivity contribution in [2.45, 2.75) is 13.8 Å². The van der Waals surface area contributed by atoms with Gasteiger partial charge in [0.25, 0.3) is 0 Å². The van der Waals surface area contributed by atoms with Crippen LogP contribution in [-0.4, -0.2) is 33.8 Å². The number of H-pyrrole nitrogens is 1. The van der Waals surface area contributed by atoms with Crippen LogP contribution in [0.1, 0.15) is 13.8 Å². The third-order valence-corrected chi connectivity index (χ3v) is 4.50. The van der Waals surface area contributed by atoms with E-state index in [1.54, 1.807) is 6.33 Å². The van der Waals surface area contributed by atoms with E-state index in [0.29, 0.717) is 12.5 Å². The number of ether oxygens (including phenoxy) is 1. The Labute approximate surface area is 164 Å². The van der Waals surface area contributed by atoms with Gasteiger partial charge >= 0.3 is 0 Å². The monoisotopic (exact) mass is 373 g/mol. The summed E-state index contributed by atoms with van der Waals surface area (Å²) in [5.41, 5.74) is 4.65. The first-order valence-corrected chi connectivity index (χ1v) is 9.36. The van der Waals surface area contributed by atoms with Gasteiger partial charge in [0.15, 0.2) is 5.82 Å². The molecule has 0 radical (unpaired) electrons. The molecule has 0 saturated carbocycles. The number of aromatic nitrogens is 4. The van der Waals surface area contributed by atoms with E-state index < -0.39 is 0 Å². The Kier molecular flexibility index (Phi) is 4.93. The van der Waals surface area contributed by atoms with Gasteiger partial charge in [0.1, 0.15) is 12.1 Å². The lowest BCUT2D eigenvalue weighted by molar-refractivity contribution is 0.272. The second-order valence-corrected chi connectivity index (χ2v) is 7.07. The van der Waals surface area contributed by atoms with Crippen LogP contribution < -0.4 is 10.1 Å². The largest absolute Gasteiger partial charge is 0.493 e. The van der Waals surface area contributed by atoms with Crippen LogP contribution in [0.25, 0.3) is 33.4 Å². The molecule has 2 aromatic heterocycles. The molecule has 2 aromatic carbocycles. The van der Waals surface area contributed by atoms with Gasteiger partial charge in [0.05, 0.1) is 23.5 Å². The smallest absolute Gasteiger partial charge is 0.155 e. The third kappa shape index (κ3) is 3.53. The van der Waals surface area contributed by atoms with E-state index in [0.717, 1.165) is 45.0 Å². The van der Waals surface area contributed by atoms with Crippen LogP contribution in [0, 0.1) is 5.92 Å². The van der Waals surface area contributed by atoms with Crippen LogP contribution in [0.4, 0.5) is 5.82 Å².